The summed E-state index contributed by atoms with van der Waals surface area (Å²) >= 11 is 0. The van der Waals surface area contributed by atoms with E-state index in [1.807, 2.05) is 19.1 Å². The zero-order valence-corrected chi connectivity index (χ0v) is 11.8. The summed E-state index contributed by atoms with van der Waals surface area (Å²) in [6, 6.07) is 0. The minimum Gasteiger partial charge on any atom is -0.495 e. The van der Waals surface area contributed by atoms with E-state index in [9.17, 15) is 0 Å². The molecule has 2 unspecified atom stereocenters. The zero-order chi connectivity index (χ0) is 12.9. The monoisotopic (exact) mass is 238 g/mol. The van der Waals surface area contributed by atoms with E-state index < -0.39 is 0 Å². The van der Waals surface area contributed by atoms with Crippen molar-refractivity contribution in [1.82, 2.24) is 0 Å². The molecule has 0 radical (unpaired) electrons. The largest absolute Gasteiger partial charge is 0.495 e. The van der Waals surface area contributed by atoms with Gasteiger partial charge in [-0.1, -0.05) is 46.3 Å². The Hall–Kier alpha value is -0.760. The molecule has 2 heteroatoms. The Morgan fingerprint density at radius 1 is 1.53 bits per heavy atom. The molecule has 0 spiro atoms. The van der Waals surface area contributed by atoms with E-state index in [1.54, 1.807) is 0 Å². The lowest BCUT2D eigenvalue weighted by atomic mass is 9.76. The molecule has 1 heterocycles. The van der Waals surface area contributed by atoms with Gasteiger partial charge in [-0.3, -0.25) is 0 Å². The van der Waals surface area contributed by atoms with Gasteiger partial charge in [-0.25, -0.2) is 0 Å². The molecule has 2 atom stereocenters. The number of epoxide rings is 1. The smallest absolute Gasteiger partial charge is 0.116 e. The minimum absolute atomic E-state index is 0.262. The molecule has 0 aromatic carbocycles. The van der Waals surface area contributed by atoms with Crippen molar-refractivity contribution < 1.29 is 9.47 Å². The Labute approximate surface area is 106 Å². The highest BCUT2D eigenvalue weighted by atomic mass is 16.6. The molecule has 0 N–H and O–H groups in total. The molecule has 1 rings (SSSR count). The highest BCUT2D eigenvalue weighted by molar-refractivity contribution is 5.11. The third-order valence-corrected chi connectivity index (χ3v) is 3.80. The van der Waals surface area contributed by atoms with Crippen LogP contribution in [0.3, 0.4) is 0 Å². The Morgan fingerprint density at radius 3 is 2.65 bits per heavy atom. The lowest BCUT2D eigenvalue weighted by Gasteiger charge is -2.32. The fourth-order valence-corrected chi connectivity index (χ4v) is 1.55. The number of hydrogen-bond donors (Lipinski definition) is 0. The summed E-state index contributed by atoms with van der Waals surface area (Å²) in [5.41, 5.74) is 0.262. The van der Waals surface area contributed by atoms with Gasteiger partial charge in [0.1, 0.15) is 12.7 Å². The Kier molecular flexibility index (Phi) is 5.26. The molecule has 1 aliphatic heterocycles. The highest BCUT2D eigenvalue weighted by Crippen LogP contribution is 2.36. The summed E-state index contributed by atoms with van der Waals surface area (Å²) in [7, 11) is 0. The van der Waals surface area contributed by atoms with Gasteiger partial charge >= 0.3 is 0 Å². The van der Waals surface area contributed by atoms with E-state index in [-0.39, 0.29) is 5.41 Å². The van der Waals surface area contributed by atoms with Gasteiger partial charge < -0.3 is 9.47 Å². The summed E-state index contributed by atoms with van der Waals surface area (Å²) in [5, 5.41) is 0. The van der Waals surface area contributed by atoms with Crippen LogP contribution in [0.2, 0.25) is 0 Å². The van der Waals surface area contributed by atoms with Crippen LogP contribution in [0, 0.1) is 11.3 Å². The third-order valence-electron chi connectivity index (χ3n) is 3.80. The summed E-state index contributed by atoms with van der Waals surface area (Å²) in [6.45, 7) is 12.6. The quantitative estimate of drug-likeness (QED) is 0.381. The number of ether oxygens (including phenoxy) is 2. The molecule has 0 saturated carbocycles. The highest BCUT2D eigenvalue weighted by Gasteiger charge is 2.30. The van der Waals surface area contributed by atoms with Crippen LogP contribution >= 0.6 is 0 Å². The topological polar surface area (TPSA) is 21.8 Å². The third kappa shape index (κ3) is 4.55. The maximum Gasteiger partial charge on any atom is 0.116 e. The lowest BCUT2D eigenvalue weighted by Crippen LogP contribution is -2.24. The number of rotatable bonds is 7. The minimum atomic E-state index is 0.262. The maximum atomic E-state index is 5.90. The van der Waals surface area contributed by atoms with E-state index in [0.29, 0.717) is 18.6 Å². The van der Waals surface area contributed by atoms with Crippen LogP contribution in [0.4, 0.5) is 0 Å². The fraction of sp³-hybridized carbons (Fsp3) is 0.733. The van der Waals surface area contributed by atoms with Crippen LogP contribution in [-0.2, 0) is 9.47 Å². The van der Waals surface area contributed by atoms with Crippen LogP contribution in [-0.4, -0.2) is 19.3 Å². The van der Waals surface area contributed by atoms with Crippen LogP contribution in [0.15, 0.2) is 24.0 Å². The van der Waals surface area contributed by atoms with E-state index in [1.165, 1.54) is 0 Å². The molecular weight excluding hydrogens is 212 g/mol. The SMILES string of the molecule is C/C=C\C=C(\OCC1CO1)C(C)C(C)(C)CC. The molecule has 17 heavy (non-hydrogen) atoms. The zero-order valence-electron chi connectivity index (χ0n) is 11.8. The molecule has 98 valence electrons. The predicted molar refractivity (Wildman–Crippen MR) is 71.8 cm³/mol. The first-order chi connectivity index (χ1) is 8.01. The summed E-state index contributed by atoms with van der Waals surface area (Å²) < 4.78 is 11.1. The van der Waals surface area contributed by atoms with E-state index in [4.69, 9.17) is 9.47 Å². The molecular formula is C15H26O2. The second-order valence-electron chi connectivity index (χ2n) is 5.42. The molecule has 1 fully saturated rings. The first-order valence-corrected chi connectivity index (χ1v) is 6.58. The van der Waals surface area contributed by atoms with Gasteiger partial charge in [-0.05, 0) is 18.4 Å². The second kappa shape index (κ2) is 6.25. The lowest BCUT2D eigenvalue weighted by molar-refractivity contribution is 0.113. The van der Waals surface area contributed by atoms with Gasteiger partial charge in [0, 0.05) is 5.92 Å². The molecule has 0 aromatic heterocycles. The molecule has 0 aliphatic carbocycles. The van der Waals surface area contributed by atoms with E-state index in [0.717, 1.165) is 18.8 Å². The summed E-state index contributed by atoms with van der Waals surface area (Å²) in [4.78, 5) is 0. The summed E-state index contributed by atoms with van der Waals surface area (Å²) in [5.74, 6) is 1.49. The predicted octanol–water partition coefficient (Wildman–Crippen LogP) is 3.93. The van der Waals surface area contributed by atoms with Crippen molar-refractivity contribution in [2.24, 2.45) is 11.3 Å². The van der Waals surface area contributed by atoms with Crippen LogP contribution in [0.1, 0.15) is 41.0 Å². The molecule has 0 bridgehead atoms. The van der Waals surface area contributed by atoms with Gasteiger partial charge in [0.25, 0.3) is 0 Å². The van der Waals surface area contributed by atoms with E-state index in [2.05, 4.69) is 33.8 Å². The first-order valence-electron chi connectivity index (χ1n) is 6.58. The Morgan fingerprint density at radius 2 is 2.18 bits per heavy atom. The fourth-order valence-electron chi connectivity index (χ4n) is 1.55. The van der Waals surface area contributed by atoms with Crippen molar-refractivity contribution >= 4 is 0 Å². The van der Waals surface area contributed by atoms with Gasteiger partial charge in [0.2, 0.25) is 0 Å². The van der Waals surface area contributed by atoms with Crippen LogP contribution in [0.25, 0.3) is 0 Å². The normalized spacial score (nSPS) is 22.9. The molecule has 0 aromatic rings. The second-order valence-corrected chi connectivity index (χ2v) is 5.42. The summed E-state index contributed by atoms with van der Waals surface area (Å²) in [6.07, 6.45) is 7.63. The van der Waals surface area contributed by atoms with Crippen LogP contribution < -0.4 is 0 Å². The average molecular weight is 238 g/mol. The molecule has 1 aliphatic rings. The Bertz CT molecular complexity index is 285. The standard InChI is InChI=1S/C15H26O2/c1-6-8-9-14(17-11-13-10-16-13)12(3)15(4,5)7-2/h6,8-9,12-13H,7,10-11H2,1-5H3/b8-6-,14-9+. The van der Waals surface area contributed by atoms with Gasteiger partial charge in [-0.15, -0.1) is 0 Å². The van der Waals surface area contributed by atoms with Crippen molar-refractivity contribution in [3.63, 3.8) is 0 Å². The van der Waals surface area contributed by atoms with Gasteiger partial charge in [-0.2, -0.15) is 0 Å². The van der Waals surface area contributed by atoms with Crippen molar-refractivity contribution in [3.8, 4) is 0 Å². The Balaban J connectivity index is 2.66. The van der Waals surface area contributed by atoms with Crippen molar-refractivity contribution in [2.45, 2.75) is 47.1 Å². The molecule has 0 amide bonds. The number of hydrogen-bond acceptors (Lipinski definition) is 2. The van der Waals surface area contributed by atoms with Crippen molar-refractivity contribution in [3.05, 3.63) is 24.0 Å². The van der Waals surface area contributed by atoms with Crippen LogP contribution in [0.5, 0.6) is 0 Å². The van der Waals surface area contributed by atoms with Crippen molar-refractivity contribution in [1.29, 1.82) is 0 Å². The van der Waals surface area contributed by atoms with E-state index >= 15 is 0 Å². The maximum absolute atomic E-state index is 5.90. The molecule has 1 saturated heterocycles. The van der Waals surface area contributed by atoms with Crippen molar-refractivity contribution in [2.75, 3.05) is 13.2 Å². The van der Waals surface area contributed by atoms with Gasteiger partial charge in [0.15, 0.2) is 0 Å². The average Bonchev–Trinajstić information content (AvgIpc) is 3.12. The van der Waals surface area contributed by atoms with Gasteiger partial charge in [0.05, 0.1) is 12.4 Å². The number of allylic oxidation sites excluding steroid dienone is 4. The molecule has 2 nitrogen and oxygen atoms in total. The first kappa shape index (κ1) is 14.3.